The second-order valence-electron chi connectivity index (χ2n) is 3.03. The fourth-order valence-corrected chi connectivity index (χ4v) is 1.17. The van der Waals surface area contributed by atoms with Gasteiger partial charge >= 0.3 is 0 Å². The molecule has 14 heavy (non-hydrogen) atoms. The van der Waals surface area contributed by atoms with E-state index in [1.54, 1.807) is 11.9 Å². The SMILES string of the molecule is CCOc1ccc(CN(C)C#N)cc1. The Kier molecular flexibility index (Phi) is 3.81. The zero-order chi connectivity index (χ0) is 10.4. The van der Waals surface area contributed by atoms with Crippen LogP contribution in [-0.2, 0) is 6.54 Å². The van der Waals surface area contributed by atoms with Crippen LogP contribution in [0.5, 0.6) is 5.75 Å². The molecule has 0 bridgehead atoms. The van der Waals surface area contributed by atoms with Crippen molar-refractivity contribution in [2.24, 2.45) is 0 Å². The molecule has 3 heteroatoms. The van der Waals surface area contributed by atoms with E-state index in [9.17, 15) is 0 Å². The van der Waals surface area contributed by atoms with E-state index in [1.165, 1.54) is 0 Å². The molecule has 0 spiro atoms. The van der Waals surface area contributed by atoms with E-state index >= 15 is 0 Å². The molecule has 0 unspecified atom stereocenters. The molecule has 1 aromatic carbocycles. The van der Waals surface area contributed by atoms with Crippen molar-refractivity contribution in [3.8, 4) is 11.9 Å². The molecule has 74 valence electrons. The van der Waals surface area contributed by atoms with Crippen molar-refractivity contribution >= 4 is 0 Å². The van der Waals surface area contributed by atoms with Crippen LogP contribution in [0.15, 0.2) is 24.3 Å². The quantitative estimate of drug-likeness (QED) is 0.538. The summed E-state index contributed by atoms with van der Waals surface area (Å²) < 4.78 is 5.31. The van der Waals surface area contributed by atoms with Crippen LogP contribution in [0, 0.1) is 11.5 Å². The molecule has 0 atom stereocenters. The monoisotopic (exact) mass is 190 g/mol. The smallest absolute Gasteiger partial charge is 0.179 e. The first-order chi connectivity index (χ1) is 6.76. The van der Waals surface area contributed by atoms with Crippen LogP contribution in [0.25, 0.3) is 0 Å². The van der Waals surface area contributed by atoms with E-state index in [1.807, 2.05) is 31.2 Å². The summed E-state index contributed by atoms with van der Waals surface area (Å²) in [6, 6.07) is 7.78. The molecule has 0 fully saturated rings. The normalized spacial score (nSPS) is 9.21. The average Bonchev–Trinajstić information content (AvgIpc) is 2.21. The predicted molar refractivity (Wildman–Crippen MR) is 54.7 cm³/mol. The lowest BCUT2D eigenvalue weighted by Gasteiger charge is -2.09. The molecule has 0 amide bonds. The van der Waals surface area contributed by atoms with Crippen LogP contribution in [0.2, 0.25) is 0 Å². The van der Waals surface area contributed by atoms with Crippen molar-refractivity contribution in [3.05, 3.63) is 29.8 Å². The first-order valence-corrected chi connectivity index (χ1v) is 4.59. The number of rotatable bonds is 4. The van der Waals surface area contributed by atoms with Gasteiger partial charge in [-0.2, -0.15) is 5.26 Å². The summed E-state index contributed by atoms with van der Waals surface area (Å²) in [5, 5.41) is 8.59. The maximum absolute atomic E-state index is 8.59. The van der Waals surface area contributed by atoms with Crippen LogP contribution in [0.1, 0.15) is 12.5 Å². The van der Waals surface area contributed by atoms with Crippen molar-refractivity contribution < 1.29 is 4.74 Å². The molecule has 1 rings (SSSR count). The van der Waals surface area contributed by atoms with Crippen LogP contribution >= 0.6 is 0 Å². The van der Waals surface area contributed by atoms with E-state index in [4.69, 9.17) is 10.00 Å². The molecule has 0 radical (unpaired) electrons. The van der Waals surface area contributed by atoms with Gasteiger partial charge in [0.2, 0.25) is 0 Å². The summed E-state index contributed by atoms with van der Waals surface area (Å²) in [5.41, 5.74) is 1.11. The molecule has 0 saturated heterocycles. The summed E-state index contributed by atoms with van der Waals surface area (Å²) in [6.45, 7) is 3.28. The molecule has 0 aliphatic carbocycles. The maximum Gasteiger partial charge on any atom is 0.179 e. The van der Waals surface area contributed by atoms with Crippen molar-refractivity contribution in [1.29, 1.82) is 5.26 Å². The minimum atomic E-state index is 0.642. The van der Waals surface area contributed by atoms with Crippen LogP contribution in [0.4, 0.5) is 0 Å². The molecule has 0 heterocycles. The van der Waals surface area contributed by atoms with Gasteiger partial charge in [-0.1, -0.05) is 12.1 Å². The molecule has 0 N–H and O–H groups in total. The summed E-state index contributed by atoms with van der Waals surface area (Å²) in [5.74, 6) is 0.871. The molecule has 1 aromatic rings. The lowest BCUT2D eigenvalue weighted by Crippen LogP contribution is -2.09. The molecule has 0 saturated carbocycles. The van der Waals surface area contributed by atoms with E-state index in [-0.39, 0.29) is 0 Å². The lowest BCUT2D eigenvalue weighted by molar-refractivity contribution is 0.340. The fraction of sp³-hybridized carbons (Fsp3) is 0.364. The number of benzene rings is 1. The van der Waals surface area contributed by atoms with Crippen LogP contribution in [0.3, 0.4) is 0 Å². The van der Waals surface area contributed by atoms with E-state index < -0.39 is 0 Å². The third kappa shape index (κ3) is 2.98. The molecule has 3 nitrogen and oxygen atoms in total. The molecular formula is C11H14N2O. The predicted octanol–water partition coefficient (Wildman–Crippen LogP) is 2.00. The van der Waals surface area contributed by atoms with Crippen molar-refractivity contribution in [1.82, 2.24) is 4.90 Å². The van der Waals surface area contributed by atoms with Gasteiger partial charge in [-0.15, -0.1) is 0 Å². The van der Waals surface area contributed by atoms with Gasteiger partial charge < -0.3 is 9.64 Å². The van der Waals surface area contributed by atoms with Crippen molar-refractivity contribution in [3.63, 3.8) is 0 Å². The van der Waals surface area contributed by atoms with E-state index in [0.717, 1.165) is 11.3 Å². The van der Waals surface area contributed by atoms with Crippen molar-refractivity contribution in [2.75, 3.05) is 13.7 Å². The number of hydrogen-bond donors (Lipinski definition) is 0. The second kappa shape index (κ2) is 5.13. The van der Waals surface area contributed by atoms with E-state index in [0.29, 0.717) is 13.2 Å². The van der Waals surface area contributed by atoms with Gasteiger partial charge in [-0.3, -0.25) is 0 Å². The summed E-state index contributed by atoms with van der Waals surface area (Å²) in [6.07, 6.45) is 2.06. The largest absolute Gasteiger partial charge is 0.494 e. The van der Waals surface area contributed by atoms with E-state index in [2.05, 4.69) is 6.19 Å². The highest BCUT2D eigenvalue weighted by Crippen LogP contribution is 2.12. The van der Waals surface area contributed by atoms with Crippen LogP contribution < -0.4 is 4.74 Å². The Balaban J connectivity index is 2.60. The number of nitriles is 1. The third-order valence-corrected chi connectivity index (χ3v) is 1.82. The Morgan fingerprint density at radius 1 is 1.36 bits per heavy atom. The summed E-state index contributed by atoms with van der Waals surface area (Å²) in [4.78, 5) is 1.58. The molecule has 0 aliphatic heterocycles. The fourth-order valence-electron chi connectivity index (χ4n) is 1.17. The number of ether oxygens (including phenoxy) is 1. The third-order valence-electron chi connectivity index (χ3n) is 1.82. The van der Waals surface area contributed by atoms with Crippen molar-refractivity contribution in [2.45, 2.75) is 13.5 Å². The van der Waals surface area contributed by atoms with Gasteiger partial charge in [0.15, 0.2) is 6.19 Å². The van der Waals surface area contributed by atoms with Gasteiger partial charge in [0, 0.05) is 7.05 Å². The highest BCUT2D eigenvalue weighted by atomic mass is 16.5. The summed E-state index contributed by atoms with van der Waals surface area (Å²) in [7, 11) is 1.76. The zero-order valence-corrected chi connectivity index (χ0v) is 8.53. The topological polar surface area (TPSA) is 36.3 Å². The lowest BCUT2D eigenvalue weighted by atomic mass is 10.2. The first kappa shape index (κ1) is 10.4. The van der Waals surface area contributed by atoms with Gasteiger partial charge in [0.25, 0.3) is 0 Å². The maximum atomic E-state index is 8.59. The zero-order valence-electron chi connectivity index (χ0n) is 8.53. The standard InChI is InChI=1S/C11H14N2O/c1-3-14-11-6-4-10(5-7-11)8-13(2)9-12/h4-7H,3,8H2,1-2H3. The minimum absolute atomic E-state index is 0.642. The Morgan fingerprint density at radius 2 is 2.00 bits per heavy atom. The molecule has 0 aromatic heterocycles. The average molecular weight is 190 g/mol. The van der Waals surface area contributed by atoms with Gasteiger partial charge in [0.1, 0.15) is 5.75 Å². The van der Waals surface area contributed by atoms with Gasteiger partial charge in [-0.25, -0.2) is 0 Å². The minimum Gasteiger partial charge on any atom is -0.494 e. The van der Waals surface area contributed by atoms with Gasteiger partial charge in [-0.05, 0) is 24.6 Å². The Bertz CT molecular complexity index is 313. The Labute approximate surface area is 84.5 Å². The Morgan fingerprint density at radius 3 is 2.50 bits per heavy atom. The second-order valence-corrected chi connectivity index (χ2v) is 3.03. The van der Waals surface area contributed by atoms with Crippen LogP contribution in [-0.4, -0.2) is 18.6 Å². The first-order valence-electron chi connectivity index (χ1n) is 4.59. The highest BCUT2D eigenvalue weighted by Gasteiger charge is 1.97. The summed E-state index contributed by atoms with van der Waals surface area (Å²) >= 11 is 0. The number of hydrogen-bond acceptors (Lipinski definition) is 3. The Hall–Kier alpha value is -1.69. The highest BCUT2D eigenvalue weighted by molar-refractivity contribution is 5.27. The molecular weight excluding hydrogens is 176 g/mol. The molecule has 0 aliphatic rings. The van der Waals surface area contributed by atoms with Gasteiger partial charge in [0.05, 0.1) is 13.2 Å². The number of nitrogens with zero attached hydrogens (tertiary/aromatic N) is 2.